The number of rotatable bonds is 3. The Hall–Kier alpha value is -2.68. The molecule has 0 aliphatic carbocycles. The normalized spacial score (nSPS) is 18.3. The summed E-state index contributed by atoms with van der Waals surface area (Å²) in [7, 11) is 1.77. The second-order valence-corrected chi connectivity index (χ2v) is 7.01. The van der Waals surface area contributed by atoms with Crippen molar-refractivity contribution in [2.24, 2.45) is 7.05 Å². The Kier molecular flexibility index (Phi) is 2.86. The average molecular weight is 366 g/mol. The molecule has 1 aromatic carbocycles. The van der Waals surface area contributed by atoms with Crippen LogP contribution in [0.25, 0.3) is 33.3 Å². The maximum Gasteiger partial charge on any atom is 0.227 e. The zero-order chi connectivity index (χ0) is 24.5. The highest BCUT2D eigenvalue weighted by Gasteiger charge is 2.23. The number of pyridine rings is 2. The molecule has 138 valence electrons. The molecule has 4 aromatic rings. The topological polar surface area (TPSA) is 29.9 Å². The standard InChI is InChI=1S/C24H27N2O/c1-7-17-12-21(26(6)13-20(17)14(2)3)22-15(4)8-10-18-19-11-9-16(5)25-24(19)27-23(18)22/h8-14H,7H2,1-6H3/q+1/i2D3,7D2,14D. The van der Waals surface area contributed by atoms with Gasteiger partial charge in [-0.2, -0.15) is 0 Å². The molecule has 1 atom stereocenters. The van der Waals surface area contributed by atoms with Gasteiger partial charge in [0, 0.05) is 36.3 Å². The molecule has 0 aliphatic heterocycles. The highest BCUT2D eigenvalue weighted by Crippen LogP contribution is 2.37. The van der Waals surface area contributed by atoms with E-state index in [0.717, 1.165) is 27.6 Å². The molecule has 27 heavy (non-hydrogen) atoms. The summed E-state index contributed by atoms with van der Waals surface area (Å²) in [5.74, 6) is -1.98. The van der Waals surface area contributed by atoms with E-state index >= 15 is 0 Å². The van der Waals surface area contributed by atoms with Crippen molar-refractivity contribution in [2.75, 3.05) is 0 Å². The molecule has 0 saturated heterocycles. The number of nitrogens with zero attached hydrogens (tertiary/aromatic N) is 2. The predicted molar refractivity (Wildman–Crippen MR) is 111 cm³/mol. The van der Waals surface area contributed by atoms with Gasteiger partial charge >= 0.3 is 0 Å². The van der Waals surface area contributed by atoms with Gasteiger partial charge in [-0.05, 0) is 49.4 Å². The van der Waals surface area contributed by atoms with Crippen LogP contribution >= 0.6 is 0 Å². The third kappa shape index (κ3) is 2.82. The van der Waals surface area contributed by atoms with E-state index in [1.54, 1.807) is 23.9 Å². The number of hydrogen-bond acceptors (Lipinski definition) is 2. The van der Waals surface area contributed by atoms with Gasteiger partial charge in [0.15, 0.2) is 11.8 Å². The van der Waals surface area contributed by atoms with E-state index in [0.29, 0.717) is 17.0 Å². The van der Waals surface area contributed by atoms with Crippen LogP contribution < -0.4 is 4.57 Å². The fourth-order valence-corrected chi connectivity index (χ4v) is 3.63. The predicted octanol–water partition coefficient (Wildman–Crippen LogP) is 5.78. The molecular weight excluding hydrogens is 332 g/mol. The molecule has 0 fully saturated rings. The molecule has 0 spiro atoms. The van der Waals surface area contributed by atoms with Crippen molar-refractivity contribution in [3.05, 3.63) is 58.9 Å². The van der Waals surface area contributed by atoms with E-state index in [9.17, 15) is 0 Å². The monoisotopic (exact) mass is 365 g/mol. The molecule has 0 bridgehead atoms. The summed E-state index contributed by atoms with van der Waals surface area (Å²) in [5.41, 5.74) is 4.69. The van der Waals surface area contributed by atoms with E-state index in [4.69, 9.17) is 12.6 Å². The van der Waals surface area contributed by atoms with E-state index in [1.807, 2.05) is 38.1 Å². The first-order chi connectivity index (χ1) is 15.1. The molecule has 0 amide bonds. The SMILES string of the molecule is [2H]C([2H])(C)c1cc(-c2c(C)ccc3c2oc2nc(C)ccc23)[n+](C)cc1C([2H])(C)C([2H])([2H])[2H]. The fraction of sp³-hybridized carbons (Fsp3) is 0.333. The van der Waals surface area contributed by atoms with Gasteiger partial charge in [0.2, 0.25) is 11.4 Å². The number of aromatic nitrogens is 2. The van der Waals surface area contributed by atoms with Crippen LogP contribution in [0, 0.1) is 13.8 Å². The summed E-state index contributed by atoms with van der Waals surface area (Å²) in [6, 6.07) is 9.53. The van der Waals surface area contributed by atoms with Crippen LogP contribution in [-0.2, 0) is 13.4 Å². The zero-order valence-electron chi connectivity index (χ0n) is 22.3. The molecule has 0 saturated carbocycles. The first-order valence-corrected chi connectivity index (χ1v) is 8.97. The van der Waals surface area contributed by atoms with Crippen molar-refractivity contribution in [1.29, 1.82) is 0 Å². The Labute approximate surface area is 169 Å². The molecule has 3 nitrogen and oxygen atoms in total. The van der Waals surface area contributed by atoms with Crippen molar-refractivity contribution < 1.29 is 17.2 Å². The summed E-state index contributed by atoms with van der Waals surface area (Å²) < 4.78 is 57.0. The zero-order valence-corrected chi connectivity index (χ0v) is 16.3. The van der Waals surface area contributed by atoms with Crippen LogP contribution in [0.3, 0.4) is 0 Å². The molecule has 4 rings (SSSR count). The summed E-state index contributed by atoms with van der Waals surface area (Å²) in [6.07, 6.45) is -0.297. The Balaban J connectivity index is 2.08. The van der Waals surface area contributed by atoms with E-state index in [2.05, 4.69) is 4.98 Å². The number of furan rings is 1. The number of hydrogen-bond donors (Lipinski definition) is 0. The lowest BCUT2D eigenvalue weighted by Crippen LogP contribution is -2.32. The van der Waals surface area contributed by atoms with Gasteiger partial charge in [0.25, 0.3) is 0 Å². The summed E-state index contributed by atoms with van der Waals surface area (Å²) >= 11 is 0. The fourth-order valence-electron chi connectivity index (χ4n) is 3.63. The van der Waals surface area contributed by atoms with Crippen LogP contribution in [0.1, 0.15) is 57.2 Å². The molecule has 1 unspecified atom stereocenters. The third-order valence-corrected chi connectivity index (χ3v) is 5.06. The lowest BCUT2D eigenvalue weighted by atomic mass is 9.94. The van der Waals surface area contributed by atoms with E-state index < -0.39 is 19.1 Å². The second kappa shape index (κ2) is 6.49. The van der Waals surface area contributed by atoms with Crippen LogP contribution in [0.2, 0.25) is 0 Å². The van der Waals surface area contributed by atoms with Crippen LogP contribution in [0.5, 0.6) is 0 Å². The van der Waals surface area contributed by atoms with Crippen molar-refractivity contribution in [2.45, 2.75) is 46.8 Å². The van der Waals surface area contributed by atoms with Gasteiger partial charge in [-0.3, -0.25) is 0 Å². The smallest absolute Gasteiger partial charge is 0.227 e. The molecule has 0 N–H and O–H groups in total. The Morgan fingerprint density at radius 3 is 2.78 bits per heavy atom. The first kappa shape index (κ1) is 11.9. The lowest BCUT2D eigenvalue weighted by molar-refractivity contribution is -0.660. The second-order valence-electron chi connectivity index (χ2n) is 7.01. The minimum absolute atomic E-state index is 0.132. The van der Waals surface area contributed by atoms with Gasteiger partial charge in [-0.25, -0.2) is 9.55 Å². The van der Waals surface area contributed by atoms with Crippen molar-refractivity contribution in [3.63, 3.8) is 0 Å². The van der Waals surface area contributed by atoms with Gasteiger partial charge in [-0.15, -0.1) is 0 Å². The molecule has 3 heteroatoms. The lowest BCUT2D eigenvalue weighted by Gasteiger charge is -2.13. The minimum atomic E-state index is -2.63. The van der Waals surface area contributed by atoms with Crippen LogP contribution in [0.15, 0.2) is 40.9 Å². The van der Waals surface area contributed by atoms with Crippen LogP contribution in [0.4, 0.5) is 0 Å². The maximum atomic E-state index is 8.61. The van der Waals surface area contributed by atoms with Gasteiger partial charge < -0.3 is 4.42 Å². The Morgan fingerprint density at radius 1 is 1.26 bits per heavy atom. The van der Waals surface area contributed by atoms with Crippen molar-refractivity contribution in [1.82, 2.24) is 4.98 Å². The number of aryl methyl sites for hydroxylation is 4. The van der Waals surface area contributed by atoms with Gasteiger partial charge in [0.05, 0.1) is 5.56 Å². The number of fused-ring (bicyclic) bond motifs is 3. The third-order valence-electron chi connectivity index (χ3n) is 5.06. The molecular formula is C24H27N2O+. The first-order valence-electron chi connectivity index (χ1n) is 12.0. The Morgan fingerprint density at radius 2 is 2.04 bits per heavy atom. The van der Waals surface area contributed by atoms with Gasteiger partial charge in [-0.1, -0.05) is 32.8 Å². The highest BCUT2D eigenvalue weighted by molar-refractivity contribution is 6.08. The van der Waals surface area contributed by atoms with E-state index in [1.165, 1.54) is 13.8 Å². The van der Waals surface area contributed by atoms with Crippen LogP contribution in [-0.4, -0.2) is 4.98 Å². The largest absolute Gasteiger partial charge is 0.437 e. The van der Waals surface area contributed by atoms with Gasteiger partial charge in [0.1, 0.15) is 7.05 Å². The van der Waals surface area contributed by atoms with Crippen molar-refractivity contribution in [3.8, 4) is 11.3 Å². The molecule has 0 aliphatic rings. The minimum Gasteiger partial charge on any atom is -0.437 e. The molecule has 3 heterocycles. The Bertz CT molecular complexity index is 1400. The van der Waals surface area contributed by atoms with E-state index in [-0.39, 0.29) is 11.1 Å². The molecule has 0 radical (unpaired) electrons. The average Bonchev–Trinajstić information content (AvgIpc) is 3.03. The maximum absolute atomic E-state index is 8.61. The quantitative estimate of drug-likeness (QED) is 0.431. The highest BCUT2D eigenvalue weighted by atomic mass is 16.3. The summed E-state index contributed by atoms with van der Waals surface area (Å²) in [4.78, 5) is 4.51. The number of benzene rings is 1. The molecule has 3 aromatic heterocycles. The van der Waals surface area contributed by atoms with Crippen molar-refractivity contribution >= 4 is 22.1 Å². The summed E-state index contributed by atoms with van der Waals surface area (Å²) in [5, 5.41) is 1.79. The summed E-state index contributed by atoms with van der Waals surface area (Å²) in [6.45, 7) is 3.91.